The molecule has 1 aromatic rings. The average molecular weight is 337 g/mol. The third kappa shape index (κ3) is 4.53. The van der Waals surface area contributed by atoms with Gasteiger partial charge in [-0.05, 0) is 19.8 Å². The molecule has 0 unspecified atom stereocenters. The Kier molecular flexibility index (Phi) is 5.45. The van der Waals surface area contributed by atoms with Crippen molar-refractivity contribution in [1.29, 1.82) is 0 Å². The van der Waals surface area contributed by atoms with E-state index in [1.165, 1.54) is 0 Å². The second-order valence-electron chi connectivity index (χ2n) is 7.33. The molecule has 0 spiro atoms. The van der Waals surface area contributed by atoms with E-state index in [0.29, 0.717) is 13.1 Å². The zero-order valence-electron chi connectivity index (χ0n) is 14.7. The fourth-order valence-corrected chi connectivity index (χ4v) is 3.73. The summed E-state index contributed by atoms with van der Waals surface area (Å²) < 4.78 is 0. The molecule has 1 saturated heterocycles. The second kappa shape index (κ2) is 6.99. The van der Waals surface area contributed by atoms with Crippen LogP contribution in [0.25, 0.3) is 0 Å². The number of rotatable bonds is 3. The van der Waals surface area contributed by atoms with Crippen LogP contribution in [0.5, 0.6) is 0 Å². The van der Waals surface area contributed by atoms with Gasteiger partial charge in [-0.25, -0.2) is 4.98 Å². The van der Waals surface area contributed by atoms with E-state index in [1.54, 1.807) is 18.3 Å². The molecule has 0 radical (unpaired) electrons. The highest BCUT2D eigenvalue weighted by Gasteiger charge is 2.27. The lowest BCUT2D eigenvalue weighted by molar-refractivity contribution is -0.134. The van der Waals surface area contributed by atoms with Crippen molar-refractivity contribution in [1.82, 2.24) is 15.2 Å². The molecule has 1 fully saturated rings. The minimum atomic E-state index is -0.0746. The minimum Gasteiger partial charge on any atom is -0.347 e. The first-order valence-electron chi connectivity index (χ1n) is 8.20. The molecule has 23 heavy (non-hydrogen) atoms. The normalized spacial score (nSPS) is 17.9. The van der Waals surface area contributed by atoms with E-state index in [0.717, 1.165) is 23.5 Å². The van der Waals surface area contributed by atoms with Crippen molar-refractivity contribution in [3.05, 3.63) is 16.1 Å². The molecule has 2 rings (SSSR count). The number of nitrogens with one attached hydrogen (secondary N) is 1. The number of aromatic nitrogens is 1. The zero-order valence-corrected chi connectivity index (χ0v) is 15.5. The number of amides is 2. The number of hydrogen-bond donors (Lipinski definition) is 1. The van der Waals surface area contributed by atoms with Gasteiger partial charge in [-0.2, -0.15) is 0 Å². The van der Waals surface area contributed by atoms with Gasteiger partial charge in [0.15, 0.2) is 0 Å². The number of carbonyl (C=O) groups excluding carboxylic acids is 2. The monoisotopic (exact) mass is 337 g/mol. The van der Waals surface area contributed by atoms with Crippen LogP contribution < -0.4 is 5.32 Å². The predicted molar refractivity (Wildman–Crippen MR) is 92.3 cm³/mol. The first kappa shape index (κ1) is 17.9. The van der Waals surface area contributed by atoms with Crippen LogP contribution in [-0.2, 0) is 15.0 Å². The van der Waals surface area contributed by atoms with Crippen LogP contribution in [0.4, 0.5) is 0 Å². The van der Waals surface area contributed by atoms with E-state index in [-0.39, 0.29) is 29.2 Å². The molecule has 128 valence electrons. The topological polar surface area (TPSA) is 62.3 Å². The summed E-state index contributed by atoms with van der Waals surface area (Å²) in [5, 5.41) is 6.10. The Morgan fingerprint density at radius 2 is 1.96 bits per heavy atom. The Morgan fingerprint density at radius 3 is 2.43 bits per heavy atom. The molecule has 1 aromatic heterocycles. The van der Waals surface area contributed by atoms with Crippen molar-refractivity contribution >= 4 is 23.2 Å². The summed E-state index contributed by atoms with van der Waals surface area (Å²) in [5.74, 6) is 0.165. The molecule has 0 aromatic carbocycles. The van der Waals surface area contributed by atoms with Gasteiger partial charge in [0.05, 0.1) is 11.7 Å². The maximum absolute atomic E-state index is 12.4. The molecule has 1 aliphatic rings. The van der Waals surface area contributed by atoms with Gasteiger partial charge in [0.25, 0.3) is 0 Å². The molecular formula is C17H27N3O2S. The molecule has 5 nitrogen and oxygen atoms in total. The van der Waals surface area contributed by atoms with Gasteiger partial charge in [0.1, 0.15) is 5.01 Å². The Balaban J connectivity index is 1.90. The van der Waals surface area contributed by atoms with Gasteiger partial charge in [-0.3, -0.25) is 9.59 Å². The fraction of sp³-hybridized carbons (Fsp3) is 0.706. The number of hydrogen-bond acceptors (Lipinski definition) is 4. The summed E-state index contributed by atoms with van der Waals surface area (Å²) in [4.78, 5) is 30.2. The largest absolute Gasteiger partial charge is 0.347 e. The predicted octanol–water partition coefficient (Wildman–Crippen LogP) is 2.88. The molecule has 2 heterocycles. The summed E-state index contributed by atoms with van der Waals surface area (Å²) in [6.07, 6.45) is 1.48. The lowest BCUT2D eigenvalue weighted by Crippen LogP contribution is -2.42. The number of piperidine rings is 1. The number of likely N-dealkylation sites (tertiary alicyclic amines) is 1. The first-order valence-corrected chi connectivity index (χ1v) is 9.08. The van der Waals surface area contributed by atoms with Gasteiger partial charge < -0.3 is 10.2 Å². The van der Waals surface area contributed by atoms with Crippen molar-refractivity contribution < 1.29 is 9.59 Å². The third-order valence-electron chi connectivity index (χ3n) is 4.33. The van der Waals surface area contributed by atoms with Gasteiger partial charge in [0.2, 0.25) is 11.8 Å². The Hall–Kier alpha value is -1.43. The molecule has 1 aliphatic heterocycles. The quantitative estimate of drug-likeness (QED) is 0.922. The van der Waals surface area contributed by atoms with E-state index in [9.17, 15) is 9.59 Å². The fourth-order valence-electron chi connectivity index (χ4n) is 2.68. The zero-order chi connectivity index (χ0) is 17.2. The van der Waals surface area contributed by atoms with Crippen LogP contribution in [0.2, 0.25) is 0 Å². The maximum atomic E-state index is 12.4. The Morgan fingerprint density at radius 1 is 1.35 bits per heavy atom. The number of carbonyl (C=O) groups is 2. The average Bonchev–Trinajstić information content (AvgIpc) is 2.97. The van der Waals surface area contributed by atoms with Crippen LogP contribution in [0, 0.1) is 5.92 Å². The molecule has 0 aliphatic carbocycles. The van der Waals surface area contributed by atoms with Crippen LogP contribution in [-0.4, -0.2) is 34.8 Å². The Labute approximate surface area is 142 Å². The molecule has 0 bridgehead atoms. The molecule has 1 atom stereocenters. The lowest BCUT2D eigenvalue weighted by atomic mass is 9.93. The first-order chi connectivity index (χ1) is 10.7. The summed E-state index contributed by atoms with van der Waals surface area (Å²) in [6, 6.07) is -0.0746. The highest BCUT2D eigenvalue weighted by molar-refractivity contribution is 7.09. The van der Waals surface area contributed by atoms with Crippen molar-refractivity contribution in [2.75, 3.05) is 13.1 Å². The van der Waals surface area contributed by atoms with Crippen LogP contribution >= 0.6 is 11.3 Å². The number of nitrogens with zero attached hydrogens (tertiary/aromatic N) is 2. The van der Waals surface area contributed by atoms with Crippen LogP contribution in [0.15, 0.2) is 5.38 Å². The van der Waals surface area contributed by atoms with Crippen LogP contribution in [0.3, 0.4) is 0 Å². The van der Waals surface area contributed by atoms with E-state index in [2.05, 4.69) is 36.5 Å². The van der Waals surface area contributed by atoms with E-state index in [1.807, 2.05) is 11.8 Å². The SMILES string of the molecule is CC(=O)N1CCC(C(=O)N[C@H](C)c2nc(C(C)(C)C)cs2)CC1. The smallest absolute Gasteiger partial charge is 0.223 e. The second-order valence-corrected chi connectivity index (χ2v) is 8.22. The molecular weight excluding hydrogens is 310 g/mol. The van der Waals surface area contributed by atoms with Crippen molar-refractivity contribution in [3.63, 3.8) is 0 Å². The van der Waals surface area contributed by atoms with Crippen molar-refractivity contribution in [2.24, 2.45) is 5.92 Å². The van der Waals surface area contributed by atoms with Gasteiger partial charge in [-0.15, -0.1) is 11.3 Å². The van der Waals surface area contributed by atoms with Gasteiger partial charge in [0, 0.05) is 36.7 Å². The summed E-state index contributed by atoms with van der Waals surface area (Å²) in [5.41, 5.74) is 1.09. The minimum absolute atomic E-state index is 0.00454. The molecule has 1 N–H and O–H groups in total. The van der Waals surface area contributed by atoms with Gasteiger partial charge in [-0.1, -0.05) is 20.8 Å². The standard InChI is InChI=1S/C17H27N3O2S/c1-11(16-19-14(10-23-16)17(3,4)5)18-15(22)13-6-8-20(9-7-13)12(2)21/h10-11,13H,6-9H2,1-5H3,(H,18,22)/t11-/m1/s1. The molecule has 2 amide bonds. The van der Waals surface area contributed by atoms with E-state index < -0.39 is 0 Å². The number of thiazole rings is 1. The lowest BCUT2D eigenvalue weighted by Gasteiger charge is -2.31. The molecule has 6 heteroatoms. The third-order valence-corrected chi connectivity index (χ3v) is 5.36. The van der Waals surface area contributed by atoms with E-state index >= 15 is 0 Å². The maximum Gasteiger partial charge on any atom is 0.223 e. The summed E-state index contributed by atoms with van der Waals surface area (Å²) >= 11 is 1.60. The summed E-state index contributed by atoms with van der Waals surface area (Å²) in [6.45, 7) is 11.3. The van der Waals surface area contributed by atoms with Crippen molar-refractivity contribution in [2.45, 2.75) is 58.9 Å². The molecule has 0 saturated carbocycles. The Bertz CT molecular complexity index is 569. The van der Waals surface area contributed by atoms with E-state index in [4.69, 9.17) is 0 Å². The summed E-state index contributed by atoms with van der Waals surface area (Å²) in [7, 11) is 0. The highest BCUT2D eigenvalue weighted by Crippen LogP contribution is 2.27. The van der Waals surface area contributed by atoms with Crippen LogP contribution in [0.1, 0.15) is 64.2 Å². The van der Waals surface area contributed by atoms with Crippen molar-refractivity contribution in [3.8, 4) is 0 Å². The highest BCUT2D eigenvalue weighted by atomic mass is 32.1. The van der Waals surface area contributed by atoms with Gasteiger partial charge >= 0.3 is 0 Å².